The van der Waals surface area contributed by atoms with Crippen LogP contribution in [0.3, 0.4) is 0 Å². The molecule has 0 heterocycles. The van der Waals surface area contributed by atoms with Gasteiger partial charge in [-0.3, -0.25) is 9.59 Å². The van der Waals surface area contributed by atoms with Crippen molar-refractivity contribution < 1.29 is 23.8 Å². The molecule has 0 aliphatic heterocycles. The molecule has 6 nitrogen and oxygen atoms in total. The molecule has 1 aromatic rings. The van der Waals surface area contributed by atoms with E-state index in [1.54, 1.807) is 26.2 Å². The van der Waals surface area contributed by atoms with Crippen LogP contribution in [-0.4, -0.2) is 49.7 Å². The second kappa shape index (κ2) is 10.8. The number of methoxy groups -OCH3 is 1. The maximum Gasteiger partial charge on any atom is 0.307 e. The molecule has 2 atom stereocenters. The van der Waals surface area contributed by atoms with E-state index in [4.69, 9.17) is 14.2 Å². The van der Waals surface area contributed by atoms with Crippen molar-refractivity contribution in [3.8, 4) is 11.5 Å². The molecule has 0 aromatic heterocycles. The Morgan fingerprint density at radius 3 is 2.52 bits per heavy atom. The second-order valence-electron chi connectivity index (χ2n) is 6.91. The van der Waals surface area contributed by atoms with E-state index in [-0.39, 0.29) is 30.9 Å². The number of ether oxygens (including phenoxy) is 3. The smallest absolute Gasteiger partial charge is 0.307 e. The predicted octanol–water partition coefficient (Wildman–Crippen LogP) is 3.43. The Bertz CT molecular complexity index is 618. The van der Waals surface area contributed by atoms with E-state index in [0.717, 1.165) is 19.3 Å². The van der Waals surface area contributed by atoms with Crippen LogP contribution in [0.25, 0.3) is 0 Å². The number of amides is 1. The minimum Gasteiger partial charge on any atom is -0.493 e. The van der Waals surface area contributed by atoms with Crippen LogP contribution in [0.1, 0.15) is 46.0 Å². The Labute approximate surface area is 161 Å². The van der Waals surface area contributed by atoms with Crippen LogP contribution in [0.4, 0.5) is 0 Å². The number of carbonyl (C=O) groups is 2. The summed E-state index contributed by atoms with van der Waals surface area (Å²) in [7, 11) is 1.57. The third-order valence-electron chi connectivity index (χ3n) is 5.07. The Kier molecular flexibility index (Phi) is 8.43. The summed E-state index contributed by atoms with van der Waals surface area (Å²) in [4.78, 5) is 26.5. The molecule has 27 heavy (non-hydrogen) atoms. The van der Waals surface area contributed by atoms with Crippen LogP contribution in [-0.2, 0) is 14.3 Å². The van der Waals surface area contributed by atoms with Crippen molar-refractivity contribution >= 4 is 11.9 Å². The molecule has 1 fully saturated rings. The van der Waals surface area contributed by atoms with Crippen LogP contribution < -0.4 is 9.47 Å². The van der Waals surface area contributed by atoms with Crippen molar-refractivity contribution in [1.29, 1.82) is 0 Å². The van der Waals surface area contributed by atoms with Crippen LogP contribution >= 0.6 is 0 Å². The number of benzene rings is 1. The number of rotatable bonds is 9. The van der Waals surface area contributed by atoms with Gasteiger partial charge in [-0.1, -0.05) is 31.9 Å². The largest absolute Gasteiger partial charge is 0.493 e. The fourth-order valence-corrected chi connectivity index (χ4v) is 3.64. The highest BCUT2D eigenvalue weighted by atomic mass is 16.5. The first kappa shape index (κ1) is 21.1. The highest BCUT2D eigenvalue weighted by molar-refractivity contribution is 5.79. The molecule has 0 spiro atoms. The van der Waals surface area contributed by atoms with Gasteiger partial charge >= 0.3 is 5.97 Å². The summed E-state index contributed by atoms with van der Waals surface area (Å²) in [5.74, 6) is 1.16. The summed E-state index contributed by atoms with van der Waals surface area (Å²) in [6.07, 6.45) is 4.56. The van der Waals surface area contributed by atoms with Crippen LogP contribution in [0, 0.1) is 5.92 Å². The molecule has 1 aromatic carbocycles. The van der Waals surface area contributed by atoms with E-state index in [1.807, 2.05) is 17.0 Å². The first-order chi connectivity index (χ1) is 13.1. The molecule has 0 saturated heterocycles. The second-order valence-corrected chi connectivity index (χ2v) is 6.91. The van der Waals surface area contributed by atoms with Gasteiger partial charge in [0.15, 0.2) is 18.1 Å². The molecule has 6 heteroatoms. The SMILES string of the molecule is CCOC(=O)CCN(C(=O)COc1ccccc1OC)C1CCCCC1C. The number of hydrogen-bond donors (Lipinski definition) is 0. The van der Waals surface area contributed by atoms with Crippen LogP contribution in [0.15, 0.2) is 24.3 Å². The highest BCUT2D eigenvalue weighted by Crippen LogP contribution is 2.29. The van der Waals surface area contributed by atoms with Gasteiger partial charge in [-0.15, -0.1) is 0 Å². The Balaban J connectivity index is 2.04. The molecule has 2 unspecified atom stereocenters. The lowest BCUT2D eigenvalue weighted by Crippen LogP contribution is -2.48. The lowest BCUT2D eigenvalue weighted by atomic mass is 9.84. The molecule has 1 saturated carbocycles. The Hall–Kier alpha value is -2.24. The summed E-state index contributed by atoms with van der Waals surface area (Å²) in [5, 5.41) is 0. The molecular formula is C21H31NO5. The zero-order chi connectivity index (χ0) is 19.6. The molecular weight excluding hydrogens is 346 g/mol. The van der Waals surface area contributed by atoms with Gasteiger partial charge < -0.3 is 19.1 Å². The average molecular weight is 377 g/mol. The summed E-state index contributed by atoms with van der Waals surface area (Å²) in [5.41, 5.74) is 0. The summed E-state index contributed by atoms with van der Waals surface area (Å²) in [6, 6.07) is 7.40. The van der Waals surface area contributed by atoms with Gasteiger partial charge in [0.2, 0.25) is 0 Å². The first-order valence-electron chi connectivity index (χ1n) is 9.77. The first-order valence-corrected chi connectivity index (χ1v) is 9.77. The Morgan fingerprint density at radius 2 is 1.85 bits per heavy atom. The number of esters is 1. The Morgan fingerprint density at radius 1 is 1.15 bits per heavy atom. The average Bonchev–Trinajstić information content (AvgIpc) is 2.68. The molecule has 0 radical (unpaired) electrons. The standard InChI is InChI=1S/C21H31NO5/c1-4-26-21(24)13-14-22(17-10-6-5-9-16(17)2)20(23)15-27-19-12-8-7-11-18(19)25-3/h7-8,11-12,16-17H,4-6,9-10,13-15H2,1-3H3. The molecule has 1 amide bonds. The van der Waals surface area contributed by atoms with Gasteiger partial charge in [0.25, 0.3) is 5.91 Å². The fourth-order valence-electron chi connectivity index (χ4n) is 3.64. The van der Waals surface area contributed by atoms with E-state index < -0.39 is 0 Å². The van der Waals surface area contributed by atoms with Gasteiger partial charge in [0, 0.05) is 12.6 Å². The third-order valence-corrected chi connectivity index (χ3v) is 5.07. The molecule has 0 N–H and O–H groups in total. The number of para-hydroxylation sites is 2. The van der Waals surface area contributed by atoms with Crippen molar-refractivity contribution in [2.45, 2.75) is 52.0 Å². The van der Waals surface area contributed by atoms with Crippen LogP contribution in [0.2, 0.25) is 0 Å². The van der Waals surface area contributed by atoms with Crippen molar-refractivity contribution in [3.63, 3.8) is 0 Å². The van der Waals surface area contributed by atoms with Gasteiger partial charge in [0.1, 0.15) is 0 Å². The number of hydrogen-bond acceptors (Lipinski definition) is 5. The van der Waals surface area contributed by atoms with E-state index in [9.17, 15) is 9.59 Å². The van der Waals surface area contributed by atoms with E-state index in [2.05, 4.69) is 6.92 Å². The zero-order valence-electron chi connectivity index (χ0n) is 16.6. The maximum absolute atomic E-state index is 12.9. The van der Waals surface area contributed by atoms with Crippen molar-refractivity contribution in [2.24, 2.45) is 5.92 Å². The number of carbonyl (C=O) groups excluding carboxylic acids is 2. The molecule has 150 valence electrons. The van der Waals surface area contributed by atoms with Gasteiger partial charge in [-0.05, 0) is 37.8 Å². The highest BCUT2D eigenvalue weighted by Gasteiger charge is 2.31. The summed E-state index contributed by atoms with van der Waals surface area (Å²) >= 11 is 0. The van der Waals surface area contributed by atoms with Crippen molar-refractivity contribution in [3.05, 3.63) is 24.3 Å². The maximum atomic E-state index is 12.9. The predicted molar refractivity (Wildman–Crippen MR) is 103 cm³/mol. The van der Waals surface area contributed by atoms with Crippen molar-refractivity contribution in [1.82, 2.24) is 4.90 Å². The van der Waals surface area contributed by atoms with E-state index in [0.29, 0.717) is 30.6 Å². The minimum absolute atomic E-state index is 0.0770. The molecule has 0 bridgehead atoms. The summed E-state index contributed by atoms with van der Waals surface area (Å²) < 4.78 is 16.0. The number of nitrogens with zero attached hydrogens (tertiary/aromatic N) is 1. The normalized spacial score (nSPS) is 19.2. The monoisotopic (exact) mass is 377 g/mol. The van der Waals surface area contributed by atoms with Crippen molar-refractivity contribution in [2.75, 3.05) is 26.9 Å². The van der Waals surface area contributed by atoms with E-state index in [1.165, 1.54) is 6.42 Å². The van der Waals surface area contributed by atoms with Gasteiger partial charge in [-0.2, -0.15) is 0 Å². The van der Waals surface area contributed by atoms with Crippen LogP contribution in [0.5, 0.6) is 11.5 Å². The summed E-state index contributed by atoms with van der Waals surface area (Å²) in [6.45, 7) is 4.60. The third kappa shape index (κ3) is 6.15. The van der Waals surface area contributed by atoms with E-state index >= 15 is 0 Å². The molecule has 1 aliphatic carbocycles. The molecule has 1 aliphatic rings. The lowest BCUT2D eigenvalue weighted by Gasteiger charge is -2.38. The van der Waals surface area contributed by atoms with Gasteiger partial charge in [-0.25, -0.2) is 0 Å². The lowest BCUT2D eigenvalue weighted by molar-refractivity contribution is -0.145. The topological polar surface area (TPSA) is 65.1 Å². The minimum atomic E-state index is -0.274. The fraction of sp³-hybridized carbons (Fsp3) is 0.619. The quantitative estimate of drug-likeness (QED) is 0.617. The zero-order valence-corrected chi connectivity index (χ0v) is 16.6. The van der Waals surface area contributed by atoms with Gasteiger partial charge in [0.05, 0.1) is 20.1 Å². The molecule has 2 rings (SSSR count).